The van der Waals surface area contributed by atoms with Crippen LogP contribution in [0.1, 0.15) is 9.67 Å². The molecule has 1 heterocycles. The van der Waals surface area contributed by atoms with Gasteiger partial charge in [0.05, 0.1) is 7.76 Å². The second-order valence-corrected chi connectivity index (χ2v) is 5.52. The molecule has 9 heavy (non-hydrogen) atoms. The Balaban J connectivity index is 3.15. The number of carbonyl (C=O) groups is 1. The highest BCUT2D eigenvalue weighted by Crippen LogP contribution is 2.23. The summed E-state index contributed by atoms with van der Waals surface area (Å²) in [5, 5.41) is 0. The summed E-state index contributed by atoms with van der Waals surface area (Å²) in [6.45, 7) is 0. The molecule has 1 nitrogen and oxygen atoms in total. The van der Waals surface area contributed by atoms with Crippen molar-refractivity contribution < 1.29 is 4.79 Å². The molecule has 0 atom stereocenters. The number of hydrogen-bond donors (Lipinski definition) is 0. The zero-order chi connectivity index (χ0) is 6.85. The molecule has 0 saturated heterocycles. The lowest BCUT2D eigenvalue weighted by molar-refractivity contribution is 0.112. The molecule has 0 aliphatic rings. The summed E-state index contributed by atoms with van der Waals surface area (Å²) in [5.74, 6) is 0. The van der Waals surface area contributed by atoms with E-state index < -0.39 is 0 Å². The molecule has 0 saturated carbocycles. The molecule has 0 bridgehead atoms. The zero-order valence-corrected chi connectivity index (χ0v) is 9.36. The van der Waals surface area contributed by atoms with Gasteiger partial charge in [-0.25, -0.2) is 0 Å². The quantitative estimate of drug-likeness (QED) is 0.554. The standard InChI is InChI=1S/C5H2I2OS/c6-3-1-5(7)9-4(3)2-8/h1-2H. The highest BCUT2D eigenvalue weighted by Gasteiger charge is 2.01. The molecule has 4 heteroatoms. The van der Waals surface area contributed by atoms with E-state index in [-0.39, 0.29) is 0 Å². The van der Waals surface area contributed by atoms with Gasteiger partial charge < -0.3 is 0 Å². The van der Waals surface area contributed by atoms with E-state index in [0.717, 1.165) is 14.7 Å². The molecule has 1 rings (SSSR count). The first-order chi connectivity index (χ1) is 4.24. The van der Waals surface area contributed by atoms with Gasteiger partial charge in [-0.2, -0.15) is 0 Å². The lowest BCUT2D eigenvalue weighted by Gasteiger charge is -1.76. The SMILES string of the molecule is O=Cc1sc(I)cc1I. The van der Waals surface area contributed by atoms with E-state index in [4.69, 9.17) is 0 Å². The molecule has 0 aromatic carbocycles. The van der Waals surface area contributed by atoms with Gasteiger partial charge in [-0.3, -0.25) is 4.79 Å². The zero-order valence-electron chi connectivity index (χ0n) is 4.23. The van der Waals surface area contributed by atoms with Crippen molar-refractivity contribution in [3.63, 3.8) is 0 Å². The van der Waals surface area contributed by atoms with Crippen LogP contribution in [0.3, 0.4) is 0 Å². The number of halogens is 2. The Morgan fingerprint density at radius 2 is 2.22 bits per heavy atom. The fourth-order valence-electron chi connectivity index (χ4n) is 0.434. The Hall–Kier alpha value is 0.830. The number of thiophene rings is 1. The Labute approximate surface area is 84.1 Å². The average molecular weight is 364 g/mol. The van der Waals surface area contributed by atoms with E-state index in [0.29, 0.717) is 0 Å². The van der Waals surface area contributed by atoms with Gasteiger partial charge in [0.2, 0.25) is 0 Å². The minimum atomic E-state index is 0.833. The maximum atomic E-state index is 10.2. The third-order valence-corrected chi connectivity index (χ3v) is 3.87. The normalized spacial score (nSPS) is 9.56. The van der Waals surface area contributed by atoms with Gasteiger partial charge in [-0.05, 0) is 51.2 Å². The van der Waals surface area contributed by atoms with E-state index in [9.17, 15) is 4.79 Å². The molecular formula is C5H2I2OS. The van der Waals surface area contributed by atoms with Gasteiger partial charge in [0.25, 0.3) is 0 Å². The molecule has 0 aliphatic carbocycles. The molecule has 0 spiro atoms. The molecule has 0 radical (unpaired) electrons. The maximum absolute atomic E-state index is 10.2. The molecule has 0 aliphatic heterocycles. The lowest BCUT2D eigenvalue weighted by atomic mass is 10.5. The van der Waals surface area contributed by atoms with E-state index in [1.807, 2.05) is 6.07 Å². The van der Waals surface area contributed by atoms with Crippen molar-refractivity contribution in [2.75, 3.05) is 0 Å². The van der Waals surface area contributed by atoms with Crippen LogP contribution < -0.4 is 0 Å². The average Bonchev–Trinajstić information content (AvgIpc) is 2.10. The molecule has 0 amide bonds. The van der Waals surface area contributed by atoms with Crippen molar-refractivity contribution in [2.24, 2.45) is 0 Å². The summed E-state index contributed by atoms with van der Waals surface area (Å²) in [6, 6.07) is 2.00. The summed E-state index contributed by atoms with van der Waals surface area (Å²) < 4.78 is 2.22. The largest absolute Gasteiger partial charge is 0.297 e. The molecular weight excluding hydrogens is 362 g/mol. The topological polar surface area (TPSA) is 17.1 Å². The number of rotatable bonds is 1. The van der Waals surface area contributed by atoms with Gasteiger partial charge in [-0.15, -0.1) is 11.3 Å². The van der Waals surface area contributed by atoms with Crippen molar-refractivity contribution in [1.82, 2.24) is 0 Å². The summed E-state index contributed by atoms with van der Waals surface area (Å²) >= 11 is 5.89. The number of hydrogen-bond acceptors (Lipinski definition) is 2. The van der Waals surface area contributed by atoms with Crippen LogP contribution in [0.15, 0.2) is 6.07 Å². The van der Waals surface area contributed by atoms with E-state index in [2.05, 4.69) is 45.2 Å². The van der Waals surface area contributed by atoms with Crippen molar-refractivity contribution in [3.8, 4) is 0 Å². The van der Waals surface area contributed by atoms with Crippen molar-refractivity contribution >= 4 is 62.8 Å². The van der Waals surface area contributed by atoms with Crippen LogP contribution in [-0.2, 0) is 0 Å². The fraction of sp³-hybridized carbons (Fsp3) is 0. The molecule has 48 valence electrons. The Bertz CT molecular complexity index is 231. The summed E-state index contributed by atoms with van der Waals surface area (Å²) in [5.41, 5.74) is 0. The van der Waals surface area contributed by atoms with Crippen molar-refractivity contribution in [1.29, 1.82) is 0 Å². The van der Waals surface area contributed by atoms with Crippen LogP contribution in [0.2, 0.25) is 0 Å². The highest BCUT2D eigenvalue weighted by atomic mass is 127. The van der Waals surface area contributed by atoms with Gasteiger partial charge >= 0.3 is 0 Å². The first-order valence-electron chi connectivity index (χ1n) is 2.14. The second-order valence-electron chi connectivity index (χ2n) is 1.38. The van der Waals surface area contributed by atoms with Crippen LogP contribution >= 0.6 is 56.5 Å². The Kier molecular flexibility index (Phi) is 2.90. The second kappa shape index (κ2) is 3.29. The minimum Gasteiger partial charge on any atom is -0.297 e. The highest BCUT2D eigenvalue weighted by molar-refractivity contribution is 14.1. The predicted molar refractivity (Wildman–Crippen MR) is 55.1 cm³/mol. The summed E-state index contributed by atoms with van der Waals surface area (Å²) in [7, 11) is 0. The van der Waals surface area contributed by atoms with Crippen LogP contribution in [0.4, 0.5) is 0 Å². The smallest absolute Gasteiger partial charge is 0.161 e. The van der Waals surface area contributed by atoms with Crippen LogP contribution in [0.5, 0.6) is 0 Å². The monoisotopic (exact) mass is 364 g/mol. The fourth-order valence-corrected chi connectivity index (χ4v) is 3.62. The molecule has 0 fully saturated rings. The third-order valence-electron chi connectivity index (χ3n) is 0.790. The Morgan fingerprint density at radius 3 is 2.44 bits per heavy atom. The van der Waals surface area contributed by atoms with Crippen LogP contribution in [0, 0.1) is 6.45 Å². The molecule has 1 aromatic rings. The predicted octanol–water partition coefficient (Wildman–Crippen LogP) is 2.77. The first-order valence-corrected chi connectivity index (χ1v) is 5.11. The molecule has 0 unspecified atom stereocenters. The molecule has 0 N–H and O–H groups in total. The number of aldehydes is 1. The Morgan fingerprint density at radius 1 is 1.56 bits per heavy atom. The molecule has 1 aromatic heterocycles. The van der Waals surface area contributed by atoms with Gasteiger partial charge in [-0.1, -0.05) is 0 Å². The van der Waals surface area contributed by atoms with Crippen LogP contribution in [0.25, 0.3) is 0 Å². The van der Waals surface area contributed by atoms with E-state index in [1.54, 1.807) is 0 Å². The van der Waals surface area contributed by atoms with Crippen LogP contribution in [-0.4, -0.2) is 6.29 Å². The number of carbonyl (C=O) groups excluding carboxylic acids is 1. The summed E-state index contributed by atoms with van der Waals surface area (Å²) in [6.07, 6.45) is 0.897. The third kappa shape index (κ3) is 1.87. The van der Waals surface area contributed by atoms with Crippen molar-refractivity contribution in [3.05, 3.63) is 17.4 Å². The van der Waals surface area contributed by atoms with E-state index >= 15 is 0 Å². The van der Waals surface area contributed by atoms with E-state index in [1.165, 1.54) is 14.2 Å². The van der Waals surface area contributed by atoms with Gasteiger partial charge in [0.15, 0.2) is 6.29 Å². The minimum absolute atomic E-state index is 0.833. The van der Waals surface area contributed by atoms with Gasteiger partial charge in [0, 0.05) is 3.57 Å². The summed E-state index contributed by atoms with van der Waals surface area (Å²) in [4.78, 5) is 11.1. The van der Waals surface area contributed by atoms with Gasteiger partial charge in [0.1, 0.15) is 0 Å². The first kappa shape index (κ1) is 7.93. The lowest BCUT2D eigenvalue weighted by Crippen LogP contribution is -1.71. The maximum Gasteiger partial charge on any atom is 0.161 e. The van der Waals surface area contributed by atoms with Crippen molar-refractivity contribution in [2.45, 2.75) is 0 Å².